The standard InChI is InChI=1S/C15H27NO2/c1-11(10-12-6-2-3-7-12)15(18)16-13-8-4-5-9-14(13)17/h11-14,17H,2-10H2,1H3,(H,16,18). The third-order valence-corrected chi connectivity index (χ3v) is 4.67. The second-order valence-electron chi connectivity index (χ2n) is 6.25. The Balaban J connectivity index is 1.75. The quantitative estimate of drug-likeness (QED) is 0.809. The first-order chi connectivity index (χ1) is 8.66. The van der Waals surface area contributed by atoms with Gasteiger partial charge in [0.15, 0.2) is 0 Å². The van der Waals surface area contributed by atoms with Crippen molar-refractivity contribution in [1.29, 1.82) is 0 Å². The van der Waals surface area contributed by atoms with Gasteiger partial charge in [-0.1, -0.05) is 45.4 Å². The highest BCUT2D eigenvalue weighted by Gasteiger charge is 2.27. The van der Waals surface area contributed by atoms with E-state index >= 15 is 0 Å². The van der Waals surface area contributed by atoms with Crippen LogP contribution in [0.15, 0.2) is 0 Å². The van der Waals surface area contributed by atoms with Crippen LogP contribution in [0.4, 0.5) is 0 Å². The van der Waals surface area contributed by atoms with Crippen molar-refractivity contribution in [1.82, 2.24) is 5.32 Å². The highest BCUT2D eigenvalue weighted by Crippen LogP contribution is 2.30. The van der Waals surface area contributed by atoms with E-state index in [4.69, 9.17) is 0 Å². The van der Waals surface area contributed by atoms with E-state index in [1.165, 1.54) is 25.7 Å². The van der Waals surface area contributed by atoms with Crippen molar-refractivity contribution < 1.29 is 9.90 Å². The molecule has 2 rings (SSSR count). The van der Waals surface area contributed by atoms with E-state index in [0.717, 1.165) is 38.0 Å². The number of aliphatic hydroxyl groups is 1. The highest BCUT2D eigenvalue weighted by atomic mass is 16.3. The minimum Gasteiger partial charge on any atom is -0.391 e. The van der Waals surface area contributed by atoms with E-state index in [1.807, 2.05) is 6.92 Å². The van der Waals surface area contributed by atoms with Crippen LogP contribution in [-0.4, -0.2) is 23.2 Å². The fourth-order valence-corrected chi connectivity index (χ4v) is 3.46. The number of carbonyl (C=O) groups excluding carboxylic acids is 1. The van der Waals surface area contributed by atoms with Gasteiger partial charge in [-0.3, -0.25) is 4.79 Å². The van der Waals surface area contributed by atoms with Crippen molar-refractivity contribution in [3.63, 3.8) is 0 Å². The third-order valence-electron chi connectivity index (χ3n) is 4.67. The van der Waals surface area contributed by atoms with E-state index in [9.17, 15) is 9.90 Å². The molecule has 3 unspecified atom stereocenters. The summed E-state index contributed by atoms with van der Waals surface area (Å²) in [7, 11) is 0. The lowest BCUT2D eigenvalue weighted by Crippen LogP contribution is -2.46. The summed E-state index contributed by atoms with van der Waals surface area (Å²) in [6.45, 7) is 2.03. The Morgan fingerprint density at radius 3 is 2.44 bits per heavy atom. The van der Waals surface area contributed by atoms with Gasteiger partial charge < -0.3 is 10.4 Å². The molecule has 0 radical (unpaired) electrons. The van der Waals surface area contributed by atoms with E-state index < -0.39 is 0 Å². The van der Waals surface area contributed by atoms with Crippen LogP contribution in [0.25, 0.3) is 0 Å². The lowest BCUT2D eigenvalue weighted by molar-refractivity contribution is -0.127. The molecule has 0 aliphatic heterocycles. The molecule has 0 aromatic heterocycles. The Bertz CT molecular complexity index is 274. The number of nitrogens with one attached hydrogen (secondary N) is 1. The topological polar surface area (TPSA) is 49.3 Å². The van der Waals surface area contributed by atoms with Gasteiger partial charge in [0, 0.05) is 5.92 Å². The Morgan fingerprint density at radius 2 is 1.78 bits per heavy atom. The summed E-state index contributed by atoms with van der Waals surface area (Å²) >= 11 is 0. The molecule has 2 aliphatic rings. The maximum absolute atomic E-state index is 12.1. The number of aliphatic hydroxyl groups excluding tert-OH is 1. The molecule has 3 atom stereocenters. The summed E-state index contributed by atoms with van der Waals surface area (Å²) in [5, 5.41) is 12.9. The summed E-state index contributed by atoms with van der Waals surface area (Å²) in [5.41, 5.74) is 0. The molecule has 104 valence electrons. The molecule has 2 fully saturated rings. The maximum Gasteiger partial charge on any atom is 0.223 e. The van der Waals surface area contributed by atoms with E-state index in [-0.39, 0.29) is 24.0 Å². The molecule has 3 heteroatoms. The summed E-state index contributed by atoms with van der Waals surface area (Å²) in [4.78, 5) is 12.1. The summed E-state index contributed by atoms with van der Waals surface area (Å²) in [5.74, 6) is 0.997. The molecule has 0 aromatic carbocycles. The first kappa shape index (κ1) is 13.9. The average molecular weight is 253 g/mol. The van der Waals surface area contributed by atoms with Gasteiger partial charge in [0.2, 0.25) is 5.91 Å². The number of hydrogen-bond acceptors (Lipinski definition) is 2. The lowest BCUT2D eigenvalue weighted by atomic mass is 9.90. The van der Waals surface area contributed by atoms with Crippen LogP contribution >= 0.6 is 0 Å². The smallest absolute Gasteiger partial charge is 0.223 e. The van der Waals surface area contributed by atoms with Crippen LogP contribution in [0.5, 0.6) is 0 Å². The van der Waals surface area contributed by atoms with Gasteiger partial charge in [-0.15, -0.1) is 0 Å². The number of rotatable bonds is 4. The van der Waals surface area contributed by atoms with Gasteiger partial charge in [0.05, 0.1) is 12.1 Å². The molecule has 0 spiro atoms. The van der Waals surface area contributed by atoms with Gasteiger partial charge in [0.1, 0.15) is 0 Å². The molecule has 0 aromatic rings. The number of amides is 1. The molecule has 2 saturated carbocycles. The summed E-state index contributed by atoms with van der Waals surface area (Å²) < 4.78 is 0. The largest absolute Gasteiger partial charge is 0.391 e. The van der Waals surface area contributed by atoms with E-state index in [0.29, 0.717) is 0 Å². The predicted octanol–water partition coefficient (Wildman–Crippen LogP) is 2.62. The average Bonchev–Trinajstić information content (AvgIpc) is 2.84. The van der Waals surface area contributed by atoms with Crippen LogP contribution in [0, 0.1) is 11.8 Å². The zero-order valence-electron chi connectivity index (χ0n) is 11.5. The molecular formula is C15H27NO2. The first-order valence-electron chi connectivity index (χ1n) is 7.65. The summed E-state index contributed by atoms with van der Waals surface area (Å²) in [6, 6.07) is -0.00252. The first-order valence-corrected chi connectivity index (χ1v) is 7.65. The van der Waals surface area contributed by atoms with Gasteiger partial charge in [-0.25, -0.2) is 0 Å². The third kappa shape index (κ3) is 3.71. The van der Waals surface area contributed by atoms with E-state index in [1.54, 1.807) is 0 Å². The van der Waals surface area contributed by atoms with Crippen molar-refractivity contribution in [3.8, 4) is 0 Å². The molecule has 0 heterocycles. The molecular weight excluding hydrogens is 226 g/mol. The normalized spacial score (nSPS) is 31.2. The fraction of sp³-hybridized carbons (Fsp3) is 0.933. The SMILES string of the molecule is CC(CC1CCCC1)C(=O)NC1CCCCC1O. The summed E-state index contributed by atoms with van der Waals surface area (Å²) in [6.07, 6.45) is 9.93. The van der Waals surface area contributed by atoms with Crippen molar-refractivity contribution in [2.75, 3.05) is 0 Å². The van der Waals surface area contributed by atoms with Gasteiger partial charge in [-0.05, 0) is 25.2 Å². The second kappa shape index (κ2) is 6.55. The molecule has 18 heavy (non-hydrogen) atoms. The van der Waals surface area contributed by atoms with Crippen LogP contribution in [0.3, 0.4) is 0 Å². The van der Waals surface area contributed by atoms with Crippen LogP contribution in [0.1, 0.15) is 64.7 Å². The van der Waals surface area contributed by atoms with Crippen molar-refractivity contribution >= 4 is 5.91 Å². The minimum absolute atomic E-state index is 0.00252. The van der Waals surface area contributed by atoms with E-state index in [2.05, 4.69) is 5.32 Å². The number of hydrogen-bond donors (Lipinski definition) is 2. The van der Waals surface area contributed by atoms with Crippen molar-refractivity contribution in [2.45, 2.75) is 76.9 Å². The Kier molecular flexibility index (Phi) is 5.04. The van der Waals surface area contributed by atoms with Gasteiger partial charge in [0.25, 0.3) is 0 Å². The molecule has 2 aliphatic carbocycles. The molecule has 0 bridgehead atoms. The molecule has 3 nitrogen and oxygen atoms in total. The van der Waals surface area contributed by atoms with Gasteiger partial charge >= 0.3 is 0 Å². The van der Waals surface area contributed by atoms with Crippen molar-refractivity contribution in [3.05, 3.63) is 0 Å². The monoisotopic (exact) mass is 253 g/mol. The highest BCUT2D eigenvalue weighted by molar-refractivity contribution is 5.78. The number of carbonyl (C=O) groups is 1. The Labute approximate surface area is 110 Å². The molecule has 1 amide bonds. The second-order valence-corrected chi connectivity index (χ2v) is 6.25. The molecule has 2 N–H and O–H groups in total. The molecule has 0 saturated heterocycles. The minimum atomic E-state index is -0.332. The van der Waals surface area contributed by atoms with Crippen LogP contribution < -0.4 is 5.32 Å². The lowest BCUT2D eigenvalue weighted by Gasteiger charge is -2.29. The van der Waals surface area contributed by atoms with Crippen molar-refractivity contribution in [2.24, 2.45) is 11.8 Å². The van der Waals surface area contributed by atoms with Crippen LogP contribution in [-0.2, 0) is 4.79 Å². The zero-order valence-corrected chi connectivity index (χ0v) is 11.5. The fourth-order valence-electron chi connectivity index (χ4n) is 3.46. The Morgan fingerprint density at radius 1 is 1.17 bits per heavy atom. The maximum atomic E-state index is 12.1. The zero-order chi connectivity index (χ0) is 13.0. The van der Waals surface area contributed by atoms with Gasteiger partial charge in [-0.2, -0.15) is 0 Å². The Hall–Kier alpha value is -0.570. The van der Waals surface area contributed by atoms with Crippen LogP contribution in [0.2, 0.25) is 0 Å². The predicted molar refractivity (Wildman–Crippen MR) is 72.1 cm³/mol.